The van der Waals surface area contributed by atoms with Gasteiger partial charge in [-0.15, -0.1) is 21.9 Å². The second kappa shape index (κ2) is 20.5. The Bertz CT molecular complexity index is 2940. The highest BCUT2D eigenvalue weighted by molar-refractivity contribution is 7.20. The maximum absolute atomic E-state index is 15.4. The Morgan fingerprint density at radius 3 is 1.11 bits per heavy atom. The zero-order valence-electron chi connectivity index (χ0n) is 35.5. The van der Waals surface area contributed by atoms with Crippen LogP contribution in [0.25, 0.3) is 0 Å². The predicted octanol–water partition coefficient (Wildman–Crippen LogP) is 9.44. The van der Waals surface area contributed by atoms with Crippen molar-refractivity contribution in [3.05, 3.63) is 206 Å². The maximum Gasteiger partial charge on any atom is 0.368 e. The molecule has 0 amide bonds. The largest absolute Gasteiger partial charge is 0.422 e. The summed E-state index contributed by atoms with van der Waals surface area (Å²) in [7, 11) is 0. The first-order valence-corrected chi connectivity index (χ1v) is 19.7. The molecule has 1 aromatic heterocycles. The van der Waals surface area contributed by atoms with Crippen molar-refractivity contribution < 1.29 is 107 Å². The van der Waals surface area contributed by atoms with E-state index in [4.69, 9.17) is 4.74 Å². The van der Waals surface area contributed by atoms with Crippen LogP contribution in [0.5, 0.6) is 5.75 Å². The summed E-state index contributed by atoms with van der Waals surface area (Å²) in [4.78, 5) is 28.7. The molecule has 72 heavy (non-hydrogen) atoms. The lowest BCUT2D eigenvalue weighted by molar-refractivity contribution is -0.683. The second-order valence-corrected chi connectivity index (χ2v) is 15.3. The van der Waals surface area contributed by atoms with Crippen molar-refractivity contribution >= 4 is 39.7 Å². The molecule has 0 saturated carbocycles. The third kappa shape index (κ3) is 9.08. The minimum atomic E-state index is -7.22. The number of rotatable bonds is 10. The standard InChI is InChI=1S/C24BF20.C22H21N2O3/c26-5-1(6(27)14(35)21(42)13(5)34)25(2-7(28)15(36)22(43)16(37)8(2)29,3-9(30)17(38)23(44)18(39)10(3)31)4-11(32)19(40)24(45)20(41)12(4)33;1-16(2)17-8-10-19(11-9-17)27-22(26)20-14-24(13-12-23-20)15-21(25)18-6-4-3-5-7-18/h;3-14,16H,15H2,1-2H3/q-1;+1. The van der Waals surface area contributed by atoms with Gasteiger partial charge >= 0.3 is 5.97 Å². The van der Waals surface area contributed by atoms with Crippen LogP contribution in [0.4, 0.5) is 87.8 Å². The summed E-state index contributed by atoms with van der Waals surface area (Å²) in [6.45, 7) is 4.32. The Morgan fingerprint density at radius 2 is 0.792 bits per heavy atom. The molecule has 7 aromatic rings. The Kier molecular flexibility index (Phi) is 15.3. The van der Waals surface area contributed by atoms with Crippen molar-refractivity contribution in [2.45, 2.75) is 26.3 Å². The van der Waals surface area contributed by atoms with E-state index in [9.17, 15) is 62.3 Å². The highest BCUT2D eigenvalue weighted by Crippen LogP contribution is 2.31. The van der Waals surface area contributed by atoms with Crippen molar-refractivity contribution in [3.63, 3.8) is 0 Å². The fourth-order valence-electron chi connectivity index (χ4n) is 7.47. The molecule has 26 heteroatoms. The molecule has 0 radical (unpaired) electrons. The molecular formula is C46H21BF20N2O3. The Labute approximate surface area is 389 Å². The number of carbonyl (C=O) groups excluding carboxylic acids is 2. The number of carbonyl (C=O) groups is 2. The first-order valence-electron chi connectivity index (χ1n) is 19.7. The van der Waals surface area contributed by atoms with Crippen LogP contribution in [-0.2, 0) is 6.54 Å². The van der Waals surface area contributed by atoms with Gasteiger partial charge in [0, 0.05) is 5.56 Å². The number of ketones is 1. The fourth-order valence-corrected chi connectivity index (χ4v) is 7.47. The van der Waals surface area contributed by atoms with Crippen molar-refractivity contribution in [2.75, 3.05) is 0 Å². The van der Waals surface area contributed by atoms with E-state index >= 15 is 35.1 Å². The SMILES string of the molecule is CC(C)c1ccc(OC(=O)c2c[n+](CC(=O)c3ccccc3)ccn2)cc1.Fc1c(F)c(F)c([B-](c2c(F)c(F)c(F)c(F)c2F)(c2c(F)c(F)c(F)c(F)c2F)c2c(F)c(F)c(F)c(F)c2F)c(F)c1F. The number of hydrogen-bond acceptors (Lipinski definition) is 4. The summed E-state index contributed by atoms with van der Waals surface area (Å²) in [6, 6.07) is 16.4. The Balaban J connectivity index is 0.000000266. The highest BCUT2D eigenvalue weighted by Gasteiger charge is 2.52. The van der Waals surface area contributed by atoms with Crippen molar-refractivity contribution in [1.29, 1.82) is 0 Å². The summed E-state index contributed by atoms with van der Waals surface area (Å²) < 4.78 is 301. The number of esters is 1. The second-order valence-electron chi connectivity index (χ2n) is 15.3. The van der Waals surface area contributed by atoms with Gasteiger partial charge in [0.15, 0.2) is 76.0 Å². The van der Waals surface area contributed by atoms with Crippen molar-refractivity contribution in [2.24, 2.45) is 0 Å². The monoisotopic (exact) mass is 1040 g/mol. The van der Waals surface area contributed by atoms with E-state index in [1.807, 2.05) is 30.3 Å². The van der Waals surface area contributed by atoms with Crippen molar-refractivity contribution in [3.8, 4) is 5.75 Å². The fraction of sp³-hybridized carbons (Fsp3) is 0.0870. The molecule has 6 aromatic carbocycles. The zero-order valence-corrected chi connectivity index (χ0v) is 35.5. The molecule has 376 valence electrons. The van der Waals surface area contributed by atoms with Gasteiger partial charge in [0.1, 0.15) is 58.4 Å². The van der Waals surface area contributed by atoms with Crippen LogP contribution < -0.4 is 31.2 Å². The average molecular weight is 1040 g/mol. The van der Waals surface area contributed by atoms with Gasteiger partial charge in [-0.3, -0.25) is 4.79 Å². The van der Waals surface area contributed by atoms with E-state index in [1.54, 1.807) is 35.0 Å². The summed E-state index contributed by atoms with van der Waals surface area (Å²) in [6.07, 6.45) is -2.57. The van der Waals surface area contributed by atoms with Crippen LogP contribution in [0.1, 0.15) is 46.2 Å². The third-order valence-corrected chi connectivity index (χ3v) is 10.9. The van der Waals surface area contributed by atoms with Crippen molar-refractivity contribution in [1.82, 2.24) is 4.98 Å². The molecule has 0 bridgehead atoms. The molecule has 0 fully saturated rings. The number of hydrogen-bond donors (Lipinski definition) is 0. The Hall–Kier alpha value is -7.80. The van der Waals surface area contributed by atoms with Gasteiger partial charge < -0.3 is 4.74 Å². The molecule has 0 atom stereocenters. The molecular weight excluding hydrogens is 1020 g/mol. The van der Waals surface area contributed by atoms with Gasteiger partial charge in [-0.05, 0) is 23.6 Å². The van der Waals surface area contributed by atoms with Gasteiger partial charge in [0.2, 0.25) is 24.2 Å². The molecule has 7 rings (SSSR count). The lowest BCUT2D eigenvalue weighted by Gasteiger charge is -2.44. The first kappa shape index (κ1) is 53.6. The molecule has 5 nitrogen and oxygen atoms in total. The average Bonchev–Trinajstić information content (AvgIpc) is 3.36. The molecule has 0 spiro atoms. The van der Waals surface area contributed by atoms with E-state index in [1.165, 1.54) is 18.0 Å². The Morgan fingerprint density at radius 1 is 0.472 bits per heavy atom. The van der Waals surface area contributed by atoms with Gasteiger partial charge in [-0.25, -0.2) is 97.6 Å². The van der Waals surface area contributed by atoms with Gasteiger partial charge in [-0.2, -0.15) is 4.57 Å². The van der Waals surface area contributed by atoms with E-state index < -0.39 is 150 Å². The number of aromatic nitrogens is 2. The van der Waals surface area contributed by atoms with E-state index in [0.29, 0.717) is 17.2 Å². The number of Topliss-reactive ketones (excluding diaryl/α,β-unsaturated/α-hetero) is 1. The topological polar surface area (TPSA) is 60.1 Å². The predicted molar refractivity (Wildman–Crippen MR) is 210 cm³/mol. The molecule has 0 saturated heterocycles. The number of ether oxygens (including phenoxy) is 1. The number of nitrogens with zero attached hydrogens (tertiary/aromatic N) is 2. The highest BCUT2D eigenvalue weighted by atomic mass is 19.2. The molecule has 1 heterocycles. The summed E-state index contributed by atoms with van der Waals surface area (Å²) in [5.41, 5.74) is -12.4. The van der Waals surface area contributed by atoms with Gasteiger partial charge in [0.25, 0.3) is 0 Å². The minimum Gasteiger partial charge on any atom is -0.422 e. The van der Waals surface area contributed by atoms with Crippen LogP contribution in [0.2, 0.25) is 0 Å². The lowest BCUT2D eigenvalue weighted by Crippen LogP contribution is -2.81. The molecule has 0 aliphatic carbocycles. The molecule has 0 unspecified atom stereocenters. The van der Waals surface area contributed by atoms with Gasteiger partial charge in [-0.1, -0.05) is 56.3 Å². The van der Waals surface area contributed by atoms with Crippen LogP contribution >= 0.6 is 0 Å². The zero-order chi connectivity index (χ0) is 53.6. The maximum atomic E-state index is 15.4. The molecule has 0 aliphatic heterocycles. The van der Waals surface area contributed by atoms with Crippen LogP contribution in [0.3, 0.4) is 0 Å². The summed E-state index contributed by atoms with van der Waals surface area (Å²) in [5, 5.41) is 0. The summed E-state index contributed by atoms with van der Waals surface area (Å²) in [5.74, 6) is -71.1. The summed E-state index contributed by atoms with van der Waals surface area (Å²) >= 11 is 0. The smallest absolute Gasteiger partial charge is 0.368 e. The lowest BCUT2D eigenvalue weighted by atomic mass is 9.12. The molecule has 0 aliphatic rings. The van der Waals surface area contributed by atoms with E-state index in [2.05, 4.69) is 18.8 Å². The van der Waals surface area contributed by atoms with Crippen LogP contribution in [0, 0.1) is 116 Å². The van der Waals surface area contributed by atoms with Gasteiger partial charge in [0.05, 0.1) is 6.20 Å². The van der Waals surface area contributed by atoms with E-state index in [-0.39, 0.29) is 18.0 Å². The van der Waals surface area contributed by atoms with Crippen LogP contribution in [-0.4, -0.2) is 22.9 Å². The van der Waals surface area contributed by atoms with E-state index in [0.717, 1.165) is 0 Å². The minimum absolute atomic E-state index is 0.0459. The first-order chi connectivity index (χ1) is 33.7. The normalized spacial score (nSPS) is 11.5. The third-order valence-electron chi connectivity index (χ3n) is 10.9. The number of benzene rings is 6. The quantitative estimate of drug-likeness (QED) is 0.0200. The molecule has 0 N–H and O–H groups in total. The number of halogens is 20. The van der Waals surface area contributed by atoms with Crippen LogP contribution in [0.15, 0.2) is 73.2 Å².